The number of nitrogens with two attached hydrogens (primary N) is 1. The molecule has 0 saturated heterocycles. The number of hydrogen-bond donors (Lipinski definition) is 1. The van der Waals surface area contributed by atoms with E-state index in [1.165, 1.54) is 18.2 Å². The molecule has 0 amide bonds. The van der Waals surface area contributed by atoms with E-state index < -0.39 is 0 Å². The molecule has 1 aromatic carbocycles. The van der Waals surface area contributed by atoms with Crippen molar-refractivity contribution in [1.82, 2.24) is 0 Å². The Labute approximate surface area is 94.2 Å². The van der Waals surface area contributed by atoms with Crippen LogP contribution in [0, 0.1) is 11.7 Å². The molecule has 0 unspecified atom stereocenters. The first kappa shape index (κ1) is 12.3. The number of ether oxygens (including phenoxy) is 1. The van der Waals surface area contributed by atoms with E-state index in [9.17, 15) is 4.39 Å². The number of benzene rings is 1. The van der Waals surface area contributed by atoms with Gasteiger partial charge in [0.2, 0.25) is 0 Å². The van der Waals surface area contributed by atoms with Gasteiger partial charge in [-0.1, -0.05) is 25.4 Å². The molecule has 1 aromatic rings. The van der Waals surface area contributed by atoms with E-state index in [0.717, 1.165) is 0 Å². The number of halogens is 2. The summed E-state index contributed by atoms with van der Waals surface area (Å²) in [7, 11) is 0. The molecule has 84 valence electrons. The molecule has 1 atom stereocenters. The standard InChI is InChI=1S/C11H15ClFNO/c1-7(2)10(14)6-15-11-4-3-8(13)5-9(11)12/h3-5,7,10H,6,14H2,1-2H3/t10-/m0/s1. The van der Waals surface area contributed by atoms with Gasteiger partial charge in [-0.3, -0.25) is 0 Å². The predicted molar refractivity (Wildman–Crippen MR) is 59.7 cm³/mol. The van der Waals surface area contributed by atoms with E-state index in [-0.39, 0.29) is 16.9 Å². The Balaban J connectivity index is 2.58. The average molecular weight is 232 g/mol. The smallest absolute Gasteiger partial charge is 0.138 e. The second-order valence-electron chi connectivity index (χ2n) is 3.79. The molecule has 15 heavy (non-hydrogen) atoms. The lowest BCUT2D eigenvalue weighted by Crippen LogP contribution is -2.33. The average Bonchev–Trinajstić information content (AvgIpc) is 2.15. The molecular formula is C11H15ClFNO. The van der Waals surface area contributed by atoms with Crippen molar-refractivity contribution in [3.63, 3.8) is 0 Å². The molecule has 0 spiro atoms. The largest absolute Gasteiger partial charge is 0.490 e. The van der Waals surface area contributed by atoms with Gasteiger partial charge in [0.25, 0.3) is 0 Å². The van der Waals surface area contributed by atoms with Crippen molar-refractivity contribution < 1.29 is 9.13 Å². The minimum atomic E-state index is -0.375. The third-order valence-electron chi connectivity index (χ3n) is 2.18. The highest BCUT2D eigenvalue weighted by Gasteiger charge is 2.09. The molecule has 0 aliphatic heterocycles. The normalized spacial score (nSPS) is 12.9. The Hall–Kier alpha value is -0.800. The maximum atomic E-state index is 12.7. The zero-order valence-electron chi connectivity index (χ0n) is 8.84. The summed E-state index contributed by atoms with van der Waals surface area (Å²) in [5.41, 5.74) is 5.80. The van der Waals surface area contributed by atoms with E-state index in [4.69, 9.17) is 22.1 Å². The van der Waals surface area contributed by atoms with Gasteiger partial charge in [0.05, 0.1) is 5.02 Å². The van der Waals surface area contributed by atoms with Gasteiger partial charge in [0, 0.05) is 6.04 Å². The summed E-state index contributed by atoms with van der Waals surface area (Å²) in [6.07, 6.45) is 0. The minimum Gasteiger partial charge on any atom is -0.490 e. The fourth-order valence-corrected chi connectivity index (χ4v) is 1.19. The van der Waals surface area contributed by atoms with Crippen LogP contribution in [0.25, 0.3) is 0 Å². The molecule has 0 bridgehead atoms. The molecular weight excluding hydrogens is 217 g/mol. The molecule has 0 aliphatic rings. The van der Waals surface area contributed by atoms with E-state index in [2.05, 4.69) is 0 Å². The molecule has 0 aromatic heterocycles. The molecule has 2 N–H and O–H groups in total. The summed E-state index contributed by atoms with van der Waals surface area (Å²) in [6, 6.07) is 3.98. The van der Waals surface area contributed by atoms with Crippen LogP contribution in [0.4, 0.5) is 4.39 Å². The third kappa shape index (κ3) is 3.68. The fraction of sp³-hybridized carbons (Fsp3) is 0.455. The highest BCUT2D eigenvalue weighted by atomic mass is 35.5. The van der Waals surface area contributed by atoms with Crippen molar-refractivity contribution in [3.05, 3.63) is 29.0 Å². The van der Waals surface area contributed by atoms with E-state index in [1.807, 2.05) is 13.8 Å². The minimum absolute atomic E-state index is 0.0499. The van der Waals surface area contributed by atoms with Gasteiger partial charge in [0.1, 0.15) is 18.2 Å². The first-order chi connectivity index (χ1) is 7.00. The van der Waals surface area contributed by atoms with Crippen molar-refractivity contribution in [2.75, 3.05) is 6.61 Å². The van der Waals surface area contributed by atoms with Gasteiger partial charge in [-0.15, -0.1) is 0 Å². The quantitative estimate of drug-likeness (QED) is 0.865. The van der Waals surface area contributed by atoms with E-state index in [0.29, 0.717) is 18.3 Å². The summed E-state index contributed by atoms with van der Waals surface area (Å²) in [5, 5.41) is 0.269. The number of rotatable bonds is 4. The summed E-state index contributed by atoms with van der Waals surface area (Å²) >= 11 is 5.79. The predicted octanol–water partition coefficient (Wildman–Crippen LogP) is 2.84. The monoisotopic (exact) mass is 231 g/mol. The molecule has 0 saturated carbocycles. The van der Waals surface area contributed by atoms with E-state index in [1.54, 1.807) is 0 Å². The van der Waals surface area contributed by atoms with Crippen molar-refractivity contribution in [1.29, 1.82) is 0 Å². The van der Waals surface area contributed by atoms with Gasteiger partial charge < -0.3 is 10.5 Å². The Kier molecular flexibility index (Phi) is 4.36. The zero-order chi connectivity index (χ0) is 11.4. The fourth-order valence-electron chi connectivity index (χ4n) is 0.971. The lowest BCUT2D eigenvalue weighted by molar-refractivity contribution is 0.259. The van der Waals surface area contributed by atoms with Crippen molar-refractivity contribution in [2.45, 2.75) is 19.9 Å². The van der Waals surface area contributed by atoms with Gasteiger partial charge in [0.15, 0.2) is 0 Å². The van der Waals surface area contributed by atoms with Gasteiger partial charge in [-0.05, 0) is 24.1 Å². The maximum Gasteiger partial charge on any atom is 0.138 e. The van der Waals surface area contributed by atoms with Crippen LogP contribution in [-0.4, -0.2) is 12.6 Å². The van der Waals surface area contributed by atoms with Crippen LogP contribution in [-0.2, 0) is 0 Å². The molecule has 0 aliphatic carbocycles. The van der Waals surface area contributed by atoms with Crippen LogP contribution >= 0.6 is 11.6 Å². The Morgan fingerprint density at radius 3 is 2.67 bits per heavy atom. The van der Waals surface area contributed by atoms with Crippen LogP contribution in [0.2, 0.25) is 5.02 Å². The second kappa shape index (κ2) is 5.33. The summed E-state index contributed by atoms with van der Waals surface area (Å²) in [6.45, 7) is 4.41. The van der Waals surface area contributed by atoms with Crippen LogP contribution in [0.3, 0.4) is 0 Å². The first-order valence-corrected chi connectivity index (χ1v) is 5.22. The van der Waals surface area contributed by atoms with Gasteiger partial charge >= 0.3 is 0 Å². The van der Waals surface area contributed by atoms with E-state index >= 15 is 0 Å². The molecule has 0 radical (unpaired) electrons. The van der Waals surface area contributed by atoms with Crippen LogP contribution in [0.15, 0.2) is 18.2 Å². The molecule has 0 heterocycles. The maximum absolute atomic E-state index is 12.7. The Morgan fingerprint density at radius 1 is 1.47 bits per heavy atom. The van der Waals surface area contributed by atoms with Crippen LogP contribution in [0.5, 0.6) is 5.75 Å². The van der Waals surface area contributed by atoms with Gasteiger partial charge in [-0.25, -0.2) is 4.39 Å². The molecule has 1 rings (SSSR count). The Bertz CT molecular complexity index is 330. The second-order valence-corrected chi connectivity index (χ2v) is 4.20. The highest BCUT2D eigenvalue weighted by Crippen LogP contribution is 2.25. The van der Waals surface area contributed by atoms with Crippen molar-refractivity contribution in [3.8, 4) is 5.75 Å². The molecule has 0 fully saturated rings. The SMILES string of the molecule is CC(C)[C@@H](N)COc1ccc(F)cc1Cl. The first-order valence-electron chi connectivity index (χ1n) is 4.84. The lowest BCUT2D eigenvalue weighted by atomic mass is 10.1. The van der Waals surface area contributed by atoms with Crippen molar-refractivity contribution >= 4 is 11.6 Å². The number of hydrogen-bond acceptors (Lipinski definition) is 2. The van der Waals surface area contributed by atoms with Gasteiger partial charge in [-0.2, -0.15) is 0 Å². The summed E-state index contributed by atoms with van der Waals surface area (Å²) in [4.78, 5) is 0. The van der Waals surface area contributed by atoms with Crippen molar-refractivity contribution in [2.24, 2.45) is 11.7 Å². The van der Waals surface area contributed by atoms with Crippen LogP contribution in [0.1, 0.15) is 13.8 Å². The highest BCUT2D eigenvalue weighted by molar-refractivity contribution is 6.32. The summed E-state index contributed by atoms with van der Waals surface area (Å²) in [5.74, 6) is 0.430. The molecule has 4 heteroatoms. The summed E-state index contributed by atoms with van der Waals surface area (Å²) < 4.78 is 18.1. The Morgan fingerprint density at radius 2 is 2.13 bits per heavy atom. The van der Waals surface area contributed by atoms with Crippen LogP contribution < -0.4 is 10.5 Å². The topological polar surface area (TPSA) is 35.2 Å². The lowest BCUT2D eigenvalue weighted by Gasteiger charge is -2.16. The zero-order valence-corrected chi connectivity index (χ0v) is 9.59. The third-order valence-corrected chi connectivity index (χ3v) is 2.48. The molecule has 2 nitrogen and oxygen atoms in total.